The number of benzene rings is 2. The highest BCUT2D eigenvalue weighted by molar-refractivity contribution is 6.31. The standard InChI is InChI=1S/C20H17ClN4O/c1-11-19-16(14-4-2-3-5-18(14)25-19)9-13(24-11)10-23-20(26)15-7-6-12(21)8-17(15)22/h2-9,25H,10,22H2,1H3,(H,23,26). The Bertz CT molecular complexity index is 1150. The number of para-hydroxylation sites is 1. The van der Waals surface area contributed by atoms with Gasteiger partial charge in [-0.15, -0.1) is 0 Å². The van der Waals surface area contributed by atoms with E-state index in [1.807, 2.05) is 31.2 Å². The summed E-state index contributed by atoms with van der Waals surface area (Å²) in [5, 5.41) is 5.62. The lowest BCUT2D eigenvalue weighted by Gasteiger charge is -2.08. The Balaban J connectivity index is 1.63. The molecule has 1 amide bonds. The summed E-state index contributed by atoms with van der Waals surface area (Å²) in [6.07, 6.45) is 0. The molecule has 2 aromatic heterocycles. The fourth-order valence-corrected chi connectivity index (χ4v) is 3.35. The summed E-state index contributed by atoms with van der Waals surface area (Å²) < 4.78 is 0. The summed E-state index contributed by atoms with van der Waals surface area (Å²) in [6.45, 7) is 2.28. The molecule has 0 saturated heterocycles. The van der Waals surface area contributed by atoms with Crippen LogP contribution in [0.15, 0.2) is 48.5 Å². The Labute approximate surface area is 155 Å². The number of aromatic nitrogens is 2. The molecule has 0 saturated carbocycles. The molecule has 0 unspecified atom stereocenters. The number of carbonyl (C=O) groups is 1. The van der Waals surface area contributed by atoms with E-state index >= 15 is 0 Å². The van der Waals surface area contributed by atoms with Crippen LogP contribution in [0.4, 0.5) is 5.69 Å². The summed E-state index contributed by atoms with van der Waals surface area (Å²) >= 11 is 5.88. The zero-order valence-corrected chi connectivity index (χ0v) is 14.9. The Morgan fingerprint density at radius 3 is 2.81 bits per heavy atom. The van der Waals surface area contributed by atoms with Crippen LogP contribution < -0.4 is 11.1 Å². The van der Waals surface area contributed by atoms with Gasteiger partial charge in [-0.05, 0) is 37.3 Å². The maximum Gasteiger partial charge on any atom is 0.253 e. The van der Waals surface area contributed by atoms with Gasteiger partial charge in [0.15, 0.2) is 0 Å². The third-order valence-electron chi connectivity index (χ3n) is 4.42. The van der Waals surface area contributed by atoms with Gasteiger partial charge in [0.2, 0.25) is 0 Å². The van der Waals surface area contributed by atoms with E-state index in [1.165, 1.54) is 0 Å². The number of nitrogens with two attached hydrogens (primary N) is 1. The molecule has 0 aliphatic heterocycles. The van der Waals surface area contributed by atoms with Gasteiger partial charge in [0.05, 0.1) is 29.0 Å². The predicted molar refractivity (Wildman–Crippen MR) is 105 cm³/mol. The number of hydrogen-bond donors (Lipinski definition) is 3. The normalized spacial score (nSPS) is 11.2. The van der Waals surface area contributed by atoms with Gasteiger partial charge in [-0.2, -0.15) is 0 Å². The molecule has 0 bridgehead atoms. The summed E-state index contributed by atoms with van der Waals surface area (Å²) in [4.78, 5) is 20.4. The minimum Gasteiger partial charge on any atom is -0.398 e. The van der Waals surface area contributed by atoms with Crippen molar-refractivity contribution in [2.24, 2.45) is 0 Å². The van der Waals surface area contributed by atoms with Crippen LogP contribution in [0.5, 0.6) is 0 Å². The van der Waals surface area contributed by atoms with Crippen molar-refractivity contribution < 1.29 is 4.79 Å². The first-order chi connectivity index (χ1) is 12.5. The monoisotopic (exact) mass is 364 g/mol. The molecule has 4 N–H and O–H groups in total. The summed E-state index contributed by atoms with van der Waals surface area (Å²) in [7, 11) is 0. The molecule has 6 heteroatoms. The number of nitrogen functional groups attached to an aromatic ring is 1. The molecule has 5 nitrogen and oxygen atoms in total. The van der Waals surface area contributed by atoms with Crippen LogP contribution in [0.3, 0.4) is 0 Å². The number of carbonyl (C=O) groups excluding carboxylic acids is 1. The van der Waals surface area contributed by atoms with Crippen molar-refractivity contribution in [3.8, 4) is 0 Å². The van der Waals surface area contributed by atoms with E-state index in [9.17, 15) is 4.79 Å². The fourth-order valence-electron chi connectivity index (χ4n) is 3.17. The number of amides is 1. The first-order valence-electron chi connectivity index (χ1n) is 8.23. The second-order valence-electron chi connectivity index (χ2n) is 6.21. The van der Waals surface area contributed by atoms with E-state index in [1.54, 1.807) is 18.2 Å². The van der Waals surface area contributed by atoms with Crippen molar-refractivity contribution >= 4 is 45.0 Å². The SMILES string of the molecule is Cc1nc(CNC(=O)c2ccc(Cl)cc2N)cc2c1[nH]c1ccccc12. The molecule has 0 aliphatic rings. The molecule has 4 rings (SSSR count). The van der Waals surface area contributed by atoms with Gasteiger partial charge in [0, 0.05) is 27.0 Å². The number of halogens is 1. The second kappa shape index (κ2) is 6.35. The number of aromatic amines is 1. The van der Waals surface area contributed by atoms with Gasteiger partial charge in [0.25, 0.3) is 5.91 Å². The second-order valence-corrected chi connectivity index (χ2v) is 6.64. The van der Waals surface area contributed by atoms with Gasteiger partial charge < -0.3 is 16.0 Å². The lowest BCUT2D eigenvalue weighted by atomic mass is 10.1. The average molecular weight is 365 g/mol. The van der Waals surface area contributed by atoms with E-state index < -0.39 is 0 Å². The highest BCUT2D eigenvalue weighted by Gasteiger charge is 2.12. The summed E-state index contributed by atoms with van der Waals surface area (Å²) in [5.41, 5.74) is 10.4. The molecule has 2 heterocycles. The van der Waals surface area contributed by atoms with Crippen molar-refractivity contribution in [1.82, 2.24) is 15.3 Å². The number of nitrogens with zero attached hydrogens (tertiary/aromatic N) is 1. The Hall–Kier alpha value is -3.05. The number of H-pyrrole nitrogens is 1. The Kier molecular flexibility index (Phi) is 4.01. The van der Waals surface area contributed by atoms with Crippen LogP contribution in [0.25, 0.3) is 21.8 Å². The molecule has 0 fully saturated rings. The Morgan fingerprint density at radius 2 is 2.00 bits per heavy atom. The lowest BCUT2D eigenvalue weighted by Crippen LogP contribution is -2.24. The maximum atomic E-state index is 12.4. The van der Waals surface area contributed by atoms with Crippen LogP contribution in [0.2, 0.25) is 5.02 Å². The van der Waals surface area contributed by atoms with E-state index in [0.29, 0.717) is 22.8 Å². The predicted octanol–water partition coefficient (Wildman–Crippen LogP) is 4.19. The number of fused-ring (bicyclic) bond motifs is 3. The third-order valence-corrected chi connectivity index (χ3v) is 4.65. The van der Waals surface area contributed by atoms with E-state index in [-0.39, 0.29) is 5.91 Å². The van der Waals surface area contributed by atoms with Crippen LogP contribution >= 0.6 is 11.6 Å². The number of pyridine rings is 1. The van der Waals surface area contributed by atoms with Crippen molar-refractivity contribution in [2.45, 2.75) is 13.5 Å². The molecular formula is C20H17ClN4O. The van der Waals surface area contributed by atoms with E-state index in [0.717, 1.165) is 33.2 Å². The fraction of sp³-hybridized carbons (Fsp3) is 0.100. The molecule has 130 valence electrons. The minimum atomic E-state index is -0.252. The van der Waals surface area contributed by atoms with Crippen molar-refractivity contribution in [2.75, 3.05) is 5.73 Å². The van der Waals surface area contributed by atoms with E-state index in [2.05, 4.69) is 21.4 Å². The van der Waals surface area contributed by atoms with Crippen LogP contribution in [-0.4, -0.2) is 15.9 Å². The first kappa shape index (κ1) is 16.4. The molecule has 0 radical (unpaired) electrons. The number of nitrogens with one attached hydrogen (secondary N) is 2. The quantitative estimate of drug-likeness (QED) is 0.476. The van der Waals surface area contributed by atoms with Crippen molar-refractivity contribution in [3.63, 3.8) is 0 Å². The van der Waals surface area contributed by atoms with Gasteiger partial charge >= 0.3 is 0 Å². The molecule has 4 aromatic rings. The highest BCUT2D eigenvalue weighted by atomic mass is 35.5. The van der Waals surface area contributed by atoms with Crippen LogP contribution in [0, 0.1) is 6.92 Å². The molecule has 0 spiro atoms. The van der Waals surface area contributed by atoms with Crippen molar-refractivity contribution in [1.29, 1.82) is 0 Å². The van der Waals surface area contributed by atoms with E-state index in [4.69, 9.17) is 17.3 Å². The van der Waals surface area contributed by atoms with Gasteiger partial charge in [-0.1, -0.05) is 29.8 Å². The molecule has 26 heavy (non-hydrogen) atoms. The topological polar surface area (TPSA) is 83.8 Å². The van der Waals surface area contributed by atoms with Gasteiger partial charge in [-0.25, -0.2) is 0 Å². The number of aryl methyl sites for hydroxylation is 1. The number of hydrogen-bond acceptors (Lipinski definition) is 3. The molecule has 0 aliphatic carbocycles. The van der Waals surface area contributed by atoms with Crippen LogP contribution in [0.1, 0.15) is 21.7 Å². The number of rotatable bonds is 3. The van der Waals surface area contributed by atoms with Crippen molar-refractivity contribution in [3.05, 3.63) is 70.5 Å². The van der Waals surface area contributed by atoms with Gasteiger partial charge in [0.1, 0.15) is 0 Å². The molecular weight excluding hydrogens is 348 g/mol. The molecule has 2 aromatic carbocycles. The van der Waals surface area contributed by atoms with Crippen LogP contribution in [-0.2, 0) is 6.54 Å². The zero-order valence-electron chi connectivity index (χ0n) is 14.1. The zero-order chi connectivity index (χ0) is 18.3. The smallest absolute Gasteiger partial charge is 0.253 e. The Morgan fingerprint density at radius 1 is 1.19 bits per heavy atom. The average Bonchev–Trinajstić information content (AvgIpc) is 2.99. The minimum absolute atomic E-state index is 0.252. The highest BCUT2D eigenvalue weighted by Crippen LogP contribution is 2.27. The lowest BCUT2D eigenvalue weighted by molar-refractivity contribution is 0.0951. The number of anilines is 1. The summed E-state index contributed by atoms with van der Waals surface area (Å²) in [5.74, 6) is -0.252. The molecule has 0 atom stereocenters. The largest absolute Gasteiger partial charge is 0.398 e. The summed E-state index contributed by atoms with van der Waals surface area (Å²) in [6, 6.07) is 15.0. The first-order valence-corrected chi connectivity index (χ1v) is 8.61. The third kappa shape index (κ3) is 2.86. The maximum absolute atomic E-state index is 12.4. The van der Waals surface area contributed by atoms with Gasteiger partial charge in [-0.3, -0.25) is 9.78 Å².